The molecule has 2 aromatic rings. The molecule has 10 heteroatoms. The Morgan fingerprint density at radius 1 is 1.03 bits per heavy atom. The molecule has 1 fully saturated rings. The standard InChI is InChI=1S/C21H17Cl2N3O5/c1-10-3-4-16(11(2)5-10)24-17(27)9-31-18-14(22)7-12(8-15(18)23)6-13-19(28)25-21(30)26-20(13)29/h3-8H,9H2,1-2H3,(H,24,27)(H2,25,26,28,29,30). The van der Waals surface area contributed by atoms with E-state index in [-0.39, 0.29) is 28.0 Å². The number of ether oxygens (including phenoxy) is 1. The summed E-state index contributed by atoms with van der Waals surface area (Å²) in [5.41, 5.74) is 2.71. The van der Waals surface area contributed by atoms with Crippen LogP contribution in [0.1, 0.15) is 16.7 Å². The van der Waals surface area contributed by atoms with E-state index in [1.54, 1.807) is 6.07 Å². The topological polar surface area (TPSA) is 114 Å². The van der Waals surface area contributed by atoms with Crippen molar-refractivity contribution in [2.45, 2.75) is 13.8 Å². The maximum absolute atomic E-state index is 12.2. The molecule has 0 aromatic heterocycles. The Morgan fingerprint density at radius 3 is 2.23 bits per heavy atom. The highest BCUT2D eigenvalue weighted by Gasteiger charge is 2.27. The fourth-order valence-electron chi connectivity index (χ4n) is 2.85. The van der Waals surface area contributed by atoms with Crippen LogP contribution in [0.15, 0.2) is 35.9 Å². The number of benzene rings is 2. The van der Waals surface area contributed by atoms with Gasteiger partial charge in [0, 0.05) is 5.69 Å². The van der Waals surface area contributed by atoms with E-state index in [1.807, 2.05) is 36.6 Å². The first-order valence-corrected chi connectivity index (χ1v) is 9.77. The SMILES string of the molecule is Cc1ccc(NC(=O)COc2c(Cl)cc(C=C3C(=O)NC(=O)NC3=O)cc2Cl)c(C)c1. The minimum absolute atomic E-state index is 0.0753. The van der Waals surface area contributed by atoms with Gasteiger partial charge in [-0.05, 0) is 49.2 Å². The molecule has 0 unspecified atom stereocenters. The maximum atomic E-state index is 12.2. The molecule has 5 amide bonds. The number of rotatable bonds is 5. The van der Waals surface area contributed by atoms with Crippen molar-refractivity contribution in [1.29, 1.82) is 0 Å². The number of halogens is 2. The first-order valence-electron chi connectivity index (χ1n) is 9.01. The number of hydrogen-bond acceptors (Lipinski definition) is 5. The van der Waals surface area contributed by atoms with Crippen molar-refractivity contribution in [1.82, 2.24) is 10.6 Å². The summed E-state index contributed by atoms with van der Waals surface area (Å²) in [6, 6.07) is 7.55. The first-order chi connectivity index (χ1) is 14.6. The second-order valence-electron chi connectivity index (χ2n) is 6.76. The molecule has 0 aliphatic carbocycles. The highest BCUT2D eigenvalue weighted by Crippen LogP contribution is 2.35. The van der Waals surface area contributed by atoms with Crippen LogP contribution >= 0.6 is 23.2 Å². The second kappa shape index (κ2) is 9.20. The summed E-state index contributed by atoms with van der Waals surface area (Å²) >= 11 is 12.4. The van der Waals surface area contributed by atoms with Gasteiger partial charge in [0.15, 0.2) is 12.4 Å². The number of carbonyl (C=O) groups is 4. The Morgan fingerprint density at radius 2 is 1.65 bits per heavy atom. The van der Waals surface area contributed by atoms with Crippen LogP contribution in [-0.2, 0) is 14.4 Å². The highest BCUT2D eigenvalue weighted by molar-refractivity contribution is 6.37. The van der Waals surface area contributed by atoms with Gasteiger partial charge in [0.05, 0.1) is 10.0 Å². The van der Waals surface area contributed by atoms with Gasteiger partial charge in [0.25, 0.3) is 17.7 Å². The summed E-state index contributed by atoms with van der Waals surface area (Å²) in [4.78, 5) is 47.0. The van der Waals surface area contributed by atoms with Crippen molar-refractivity contribution in [3.8, 4) is 5.75 Å². The molecule has 0 atom stereocenters. The molecule has 31 heavy (non-hydrogen) atoms. The molecule has 1 heterocycles. The lowest BCUT2D eigenvalue weighted by Crippen LogP contribution is -2.51. The molecule has 1 aliphatic rings. The quantitative estimate of drug-likeness (QED) is 0.466. The van der Waals surface area contributed by atoms with Crippen LogP contribution in [0.25, 0.3) is 6.08 Å². The van der Waals surface area contributed by atoms with Crippen molar-refractivity contribution < 1.29 is 23.9 Å². The fourth-order valence-corrected chi connectivity index (χ4v) is 3.46. The minimum atomic E-state index is -0.897. The molecule has 0 spiro atoms. The summed E-state index contributed by atoms with van der Waals surface area (Å²) in [7, 11) is 0. The number of carbonyl (C=O) groups excluding carboxylic acids is 4. The van der Waals surface area contributed by atoms with E-state index in [9.17, 15) is 19.2 Å². The summed E-state index contributed by atoms with van der Waals surface area (Å²) in [6.45, 7) is 3.51. The summed E-state index contributed by atoms with van der Waals surface area (Å²) < 4.78 is 5.47. The molecule has 0 radical (unpaired) electrons. The van der Waals surface area contributed by atoms with Gasteiger partial charge < -0.3 is 10.1 Å². The van der Waals surface area contributed by atoms with Crippen molar-refractivity contribution >= 4 is 58.7 Å². The molecular weight excluding hydrogens is 445 g/mol. The van der Waals surface area contributed by atoms with E-state index in [0.717, 1.165) is 11.1 Å². The number of anilines is 1. The lowest BCUT2D eigenvalue weighted by Gasteiger charge is -2.15. The fraction of sp³-hybridized carbons (Fsp3) is 0.143. The molecule has 2 aromatic carbocycles. The zero-order valence-corrected chi connectivity index (χ0v) is 18.0. The number of barbiturate groups is 1. The summed E-state index contributed by atoms with van der Waals surface area (Å²) in [5.74, 6) is -2.01. The predicted molar refractivity (Wildman–Crippen MR) is 116 cm³/mol. The van der Waals surface area contributed by atoms with E-state index < -0.39 is 23.8 Å². The van der Waals surface area contributed by atoms with Crippen LogP contribution in [-0.4, -0.2) is 30.4 Å². The van der Waals surface area contributed by atoms with Gasteiger partial charge in [-0.2, -0.15) is 0 Å². The highest BCUT2D eigenvalue weighted by atomic mass is 35.5. The number of nitrogens with one attached hydrogen (secondary N) is 3. The molecule has 0 bridgehead atoms. The van der Waals surface area contributed by atoms with Crippen molar-refractivity contribution in [2.24, 2.45) is 0 Å². The Balaban J connectivity index is 1.71. The van der Waals surface area contributed by atoms with E-state index in [1.165, 1.54) is 18.2 Å². The van der Waals surface area contributed by atoms with Crippen molar-refractivity contribution in [2.75, 3.05) is 11.9 Å². The van der Waals surface area contributed by atoms with E-state index in [2.05, 4.69) is 5.32 Å². The molecular formula is C21H17Cl2N3O5. The van der Waals surface area contributed by atoms with Gasteiger partial charge >= 0.3 is 6.03 Å². The molecule has 1 aliphatic heterocycles. The number of aryl methyl sites for hydroxylation is 2. The molecule has 3 rings (SSSR count). The second-order valence-corrected chi connectivity index (χ2v) is 7.58. The van der Waals surface area contributed by atoms with Gasteiger partial charge in [-0.3, -0.25) is 25.0 Å². The lowest BCUT2D eigenvalue weighted by molar-refractivity contribution is -0.124. The lowest BCUT2D eigenvalue weighted by atomic mass is 10.1. The molecule has 1 saturated heterocycles. The van der Waals surface area contributed by atoms with Gasteiger partial charge in [0.1, 0.15) is 5.57 Å². The minimum Gasteiger partial charge on any atom is -0.481 e. The molecule has 8 nitrogen and oxygen atoms in total. The van der Waals surface area contributed by atoms with Crippen LogP contribution in [0.3, 0.4) is 0 Å². The summed E-state index contributed by atoms with van der Waals surface area (Å²) in [6.07, 6.45) is 1.23. The third-order valence-corrected chi connectivity index (χ3v) is 4.84. The normalized spacial score (nSPS) is 13.4. The van der Waals surface area contributed by atoms with E-state index in [4.69, 9.17) is 27.9 Å². The Labute approximate surface area is 187 Å². The third-order valence-electron chi connectivity index (χ3n) is 4.28. The largest absolute Gasteiger partial charge is 0.481 e. The van der Waals surface area contributed by atoms with Gasteiger partial charge in [-0.1, -0.05) is 40.9 Å². The first kappa shape index (κ1) is 22.3. The smallest absolute Gasteiger partial charge is 0.328 e. The molecule has 160 valence electrons. The third kappa shape index (κ3) is 5.42. The average Bonchev–Trinajstić information content (AvgIpc) is 2.66. The zero-order valence-electron chi connectivity index (χ0n) is 16.5. The zero-order chi connectivity index (χ0) is 22.7. The Hall–Kier alpha value is -3.36. The van der Waals surface area contributed by atoms with Gasteiger partial charge in [-0.15, -0.1) is 0 Å². The van der Waals surface area contributed by atoms with Gasteiger partial charge in [0.2, 0.25) is 0 Å². The van der Waals surface area contributed by atoms with E-state index >= 15 is 0 Å². The molecule has 0 saturated carbocycles. The van der Waals surface area contributed by atoms with Gasteiger partial charge in [-0.25, -0.2) is 4.79 Å². The summed E-state index contributed by atoms with van der Waals surface area (Å²) in [5, 5.41) is 6.83. The van der Waals surface area contributed by atoms with Crippen LogP contribution < -0.4 is 20.7 Å². The Bertz CT molecular complexity index is 1100. The number of amides is 5. The van der Waals surface area contributed by atoms with E-state index in [0.29, 0.717) is 11.3 Å². The van der Waals surface area contributed by atoms with Crippen LogP contribution in [0.5, 0.6) is 5.75 Å². The van der Waals surface area contributed by atoms with Crippen LogP contribution in [0, 0.1) is 13.8 Å². The van der Waals surface area contributed by atoms with Crippen molar-refractivity contribution in [3.63, 3.8) is 0 Å². The predicted octanol–water partition coefficient (Wildman–Crippen LogP) is 3.38. The van der Waals surface area contributed by atoms with Crippen molar-refractivity contribution in [3.05, 3.63) is 62.6 Å². The monoisotopic (exact) mass is 461 g/mol. The van der Waals surface area contributed by atoms with Crippen LogP contribution in [0.4, 0.5) is 10.5 Å². The maximum Gasteiger partial charge on any atom is 0.328 e. The number of urea groups is 1. The Kier molecular flexibility index (Phi) is 6.62. The van der Waals surface area contributed by atoms with Crippen LogP contribution in [0.2, 0.25) is 10.0 Å². The molecule has 3 N–H and O–H groups in total. The number of hydrogen-bond donors (Lipinski definition) is 3. The number of imide groups is 2. The average molecular weight is 462 g/mol.